The molecular formula is C15H15BrN2O2. The quantitative estimate of drug-likeness (QED) is 0.741. The lowest BCUT2D eigenvalue weighted by atomic mass is 9.86. The van der Waals surface area contributed by atoms with Crippen molar-refractivity contribution in [2.24, 2.45) is 5.41 Å². The highest BCUT2D eigenvalue weighted by Crippen LogP contribution is 2.55. The van der Waals surface area contributed by atoms with Crippen molar-refractivity contribution < 1.29 is 4.79 Å². The fraction of sp³-hybridized carbons (Fsp3) is 0.467. The predicted octanol–water partition coefficient (Wildman–Crippen LogP) is 2.45. The fourth-order valence-electron chi connectivity index (χ4n) is 3.47. The summed E-state index contributed by atoms with van der Waals surface area (Å²) in [6.45, 7) is 1.86. The van der Waals surface area contributed by atoms with E-state index in [0.717, 1.165) is 18.4 Å². The zero-order chi connectivity index (χ0) is 14.1. The van der Waals surface area contributed by atoms with E-state index >= 15 is 0 Å². The lowest BCUT2D eigenvalue weighted by Crippen LogP contribution is -2.47. The summed E-state index contributed by atoms with van der Waals surface area (Å²) in [5, 5.41) is 3.03. The summed E-state index contributed by atoms with van der Waals surface area (Å²) in [5.41, 5.74) is 0.871. The van der Waals surface area contributed by atoms with Gasteiger partial charge in [-0.15, -0.1) is 0 Å². The average molecular weight is 335 g/mol. The number of pyridine rings is 1. The number of hydrogen-bond acceptors (Lipinski definition) is 2. The maximum atomic E-state index is 12.5. The van der Waals surface area contributed by atoms with E-state index in [1.807, 2.05) is 13.0 Å². The highest BCUT2D eigenvalue weighted by Gasteiger charge is 2.50. The Bertz CT molecular complexity index is 730. The summed E-state index contributed by atoms with van der Waals surface area (Å²) < 4.78 is 2.15. The van der Waals surface area contributed by atoms with Gasteiger partial charge in [0.05, 0.1) is 4.47 Å². The summed E-state index contributed by atoms with van der Waals surface area (Å²) in [6, 6.07) is 1.72. The third kappa shape index (κ3) is 1.47. The van der Waals surface area contributed by atoms with Crippen LogP contribution in [0.1, 0.15) is 41.7 Å². The Labute approximate surface area is 125 Å². The Morgan fingerprint density at radius 2 is 1.90 bits per heavy atom. The van der Waals surface area contributed by atoms with Crippen LogP contribution in [0.5, 0.6) is 0 Å². The normalized spacial score (nSPS) is 28.8. The van der Waals surface area contributed by atoms with Crippen LogP contribution in [0.4, 0.5) is 0 Å². The van der Waals surface area contributed by atoms with Crippen molar-refractivity contribution in [3.63, 3.8) is 0 Å². The molecule has 1 fully saturated rings. The fourth-order valence-corrected chi connectivity index (χ4v) is 3.99. The maximum absolute atomic E-state index is 12.5. The third-order valence-corrected chi connectivity index (χ3v) is 5.47. The molecule has 2 spiro atoms. The predicted molar refractivity (Wildman–Crippen MR) is 78.6 cm³/mol. The van der Waals surface area contributed by atoms with Crippen LogP contribution in [0.15, 0.2) is 27.5 Å². The van der Waals surface area contributed by atoms with Gasteiger partial charge in [0.2, 0.25) is 0 Å². The van der Waals surface area contributed by atoms with Gasteiger partial charge in [0.15, 0.2) is 0 Å². The van der Waals surface area contributed by atoms with E-state index in [9.17, 15) is 9.59 Å². The van der Waals surface area contributed by atoms with Gasteiger partial charge in [-0.05, 0) is 71.7 Å². The number of aromatic nitrogens is 1. The molecule has 20 heavy (non-hydrogen) atoms. The van der Waals surface area contributed by atoms with Crippen molar-refractivity contribution in [2.75, 3.05) is 0 Å². The van der Waals surface area contributed by atoms with E-state index < -0.39 is 5.66 Å². The van der Waals surface area contributed by atoms with Gasteiger partial charge in [-0.1, -0.05) is 6.08 Å². The number of fused-ring (bicyclic) bond motifs is 2. The molecule has 0 bridgehead atoms. The Kier molecular flexibility index (Phi) is 2.25. The van der Waals surface area contributed by atoms with E-state index in [1.165, 1.54) is 12.8 Å². The first-order valence-corrected chi connectivity index (χ1v) is 7.71. The van der Waals surface area contributed by atoms with Crippen molar-refractivity contribution >= 4 is 21.8 Å². The third-order valence-electron chi connectivity index (χ3n) is 4.90. The molecule has 1 atom stereocenters. The number of hydrogen-bond donors (Lipinski definition) is 1. The number of rotatable bonds is 0. The van der Waals surface area contributed by atoms with E-state index in [4.69, 9.17) is 0 Å². The van der Waals surface area contributed by atoms with Gasteiger partial charge in [0.1, 0.15) is 11.4 Å². The largest absolute Gasteiger partial charge is 0.324 e. The first-order chi connectivity index (χ1) is 9.46. The number of carbonyl (C=O) groups excluding carboxylic acids is 1. The molecule has 104 valence electrons. The van der Waals surface area contributed by atoms with Crippen LogP contribution < -0.4 is 10.9 Å². The van der Waals surface area contributed by atoms with Gasteiger partial charge in [0, 0.05) is 0 Å². The lowest BCUT2D eigenvalue weighted by Gasteiger charge is -2.34. The van der Waals surface area contributed by atoms with Crippen molar-refractivity contribution in [1.29, 1.82) is 0 Å². The summed E-state index contributed by atoms with van der Waals surface area (Å²) >= 11 is 3.31. The maximum Gasteiger partial charge on any atom is 0.270 e. The molecule has 1 aromatic rings. The Balaban J connectivity index is 1.96. The smallest absolute Gasteiger partial charge is 0.270 e. The number of amides is 1. The van der Waals surface area contributed by atoms with Gasteiger partial charge < -0.3 is 5.32 Å². The van der Waals surface area contributed by atoms with Crippen LogP contribution in [-0.2, 0) is 5.66 Å². The van der Waals surface area contributed by atoms with Crippen molar-refractivity contribution in [3.8, 4) is 0 Å². The monoisotopic (exact) mass is 334 g/mol. The summed E-state index contributed by atoms with van der Waals surface area (Å²) in [7, 11) is 0. The van der Waals surface area contributed by atoms with Gasteiger partial charge in [-0.2, -0.15) is 0 Å². The summed E-state index contributed by atoms with van der Waals surface area (Å²) in [6.07, 6.45) is 8.51. The van der Waals surface area contributed by atoms with E-state index in [1.54, 1.807) is 10.6 Å². The highest BCUT2D eigenvalue weighted by molar-refractivity contribution is 9.10. The van der Waals surface area contributed by atoms with Gasteiger partial charge in [0.25, 0.3) is 11.5 Å². The van der Waals surface area contributed by atoms with E-state index in [-0.39, 0.29) is 11.5 Å². The zero-order valence-corrected chi connectivity index (χ0v) is 12.8. The lowest BCUT2D eigenvalue weighted by molar-refractivity contribution is 0.0928. The van der Waals surface area contributed by atoms with E-state index in [2.05, 4.69) is 27.3 Å². The van der Waals surface area contributed by atoms with Crippen LogP contribution in [0.3, 0.4) is 0 Å². The van der Waals surface area contributed by atoms with Crippen LogP contribution >= 0.6 is 15.9 Å². The molecule has 4 nitrogen and oxygen atoms in total. The first kappa shape index (κ1) is 12.4. The molecule has 0 aromatic carbocycles. The molecule has 2 heterocycles. The molecule has 4 rings (SSSR count). The number of nitrogens with zero attached hydrogens (tertiary/aromatic N) is 1. The van der Waals surface area contributed by atoms with Gasteiger partial charge in [-0.25, -0.2) is 0 Å². The van der Waals surface area contributed by atoms with Gasteiger partial charge >= 0.3 is 0 Å². The molecule has 1 amide bonds. The molecule has 0 saturated heterocycles. The SMILES string of the molecule is Cc1cc(Br)c(=O)n2c1C(=O)NC21C=CC2(CC2)CC1. The Morgan fingerprint density at radius 3 is 2.50 bits per heavy atom. The minimum atomic E-state index is -0.661. The van der Waals surface area contributed by atoms with Crippen LogP contribution in [0.25, 0.3) is 0 Å². The highest BCUT2D eigenvalue weighted by atomic mass is 79.9. The average Bonchev–Trinajstić information content (AvgIpc) is 3.10. The molecule has 5 heteroatoms. The molecule has 1 unspecified atom stereocenters. The molecule has 1 saturated carbocycles. The molecule has 1 aliphatic heterocycles. The van der Waals surface area contributed by atoms with Crippen LogP contribution in [0.2, 0.25) is 0 Å². The summed E-state index contributed by atoms with van der Waals surface area (Å²) in [4.78, 5) is 24.8. The number of aryl methyl sites for hydroxylation is 1. The second-order valence-corrected chi connectivity index (χ2v) is 7.09. The minimum Gasteiger partial charge on any atom is -0.324 e. The zero-order valence-electron chi connectivity index (χ0n) is 11.2. The number of allylic oxidation sites excluding steroid dienone is 1. The van der Waals surface area contributed by atoms with Crippen molar-refractivity contribution in [3.05, 3.63) is 44.3 Å². The van der Waals surface area contributed by atoms with Crippen molar-refractivity contribution in [2.45, 2.75) is 38.3 Å². The molecule has 3 aliphatic rings. The van der Waals surface area contributed by atoms with Gasteiger partial charge in [-0.3, -0.25) is 14.2 Å². The van der Waals surface area contributed by atoms with Crippen LogP contribution in [0, 0.1) is 12.3 Å². The number of halogens is 1. The number of nitrogens with one attached hydrogen (secondary N) is 1. The first-order valence-electron chi connectivity index (χ1n) is 6.92. The molecule has 0 radical (unpaired) electrons. The molecule has 2 aliphatic carbocycles. The second kappa shape index (κ2) is 3.64. The Hall–Kier alpha value is -1.36. The second-order valence-electron chi connectivity index (χ2n) is 6.24. The standard InChI is InChI=1S/C15H15BrN2O2/c1-9-8-10(16)13(20)18-11(9)12(19)17-15(18)6-4-14(2-3-14)5-7-15/h4,6,8H,2-3,5,7H2,1H3,(H,17,19). The Morgan fingerprint density at radius 1 is 1.20 bits per heavy atom. The minimum absolute atomic E-state index is 0.139. The molecular weight excluding hydrogens is 320 g/mol. The topological polar surface area (TPSA) is 51.1 Å². The summed E-state index contributed by atoms with van der Waals surface area (Å²) in [5.74, 6) is -0.150. The van der Waals surface area contributed by atoms with Crippen LogP contribution in [-0.4, -0.2) is 10.5 Å². The van der Waals surface area contributed by atoms with Crippen molar-refractivity contribution in [1.82, 2.24) is 9.88 Å². The molecule has 1 aromatic heterocycles. The number of carbonyl (C=O) groups is 1. The molecule has 1 N–H and O–H groups in total. The van der Waals surface area contributed by atoms with E-state index in [0.29, 0.717) is 15.6 Å².